The summed E-state index contributed by atoms with van der Waals surface area (Å²) >= 11 is 0. The first kappa shape index (κ1) is 8.97. The minimum absolute atomic E-state index is 0.0387. The average molecular weight is 167 g/mol. The second-order valence-electron chi connectivity index (χ2n) is 3.08. The van der Waals surface area contributed by atoms with Crippen LogP contribution in [0.3, 0.4) is 0 Å². The van der Waals surface area contributed by atoms with Crippen molar-refractivity contribution in [1.82, 2.24) is 4.90 Å². The van der Waals surface area contributed by atoms with Crippen LogP contribution in [0, 0.1) is 0 Å². The molecule has 0 saturated carbocycles. The second-order valence-corrected chi connectivity index (χ2v) is 3.08. The summed E-state index contributed by atoms with van der Waals surface area (Å²) in [6.45, 7) is 5.85. The molecular formula is C9H13NO2. The molecule has 1 amide bonds. The fraction of sp³-hybridized carbons (Fsp3) is 0.556. The third kappa shape index (κ3) is 1.72. The van der Waals surface area contributed by atoms with E-state index < -0.39 is 0 Å². The molecule has 0 bridgehead atoms. The molecule has 1 saturated heterocycles. The Morgan fingerprint density at radius 2 is 2.42 bits per heavy atom. The highest BCUT2D eigenvalue weighted by molar-refractivity contribution is 5.89. The van der Waals surface area contributed by atoms with Gasteiger partial charge in [0.2, 0.25) is 5.91 Å². The Labute approximate surface area is 72.0 Å². The highest BCUT2D eigenvalue weighted by Gasteiger charge is 2.25. The first-order valence-corrected chi connectivity index (χ1v) is 4.10. The summed E-state index contributed by atoms with van der Waals surface area (Å²) in [5.74, 6) is 0.172. The quantitative estimate of drug-likeness (QED) is 0.540. The Balaban J connectivity index is 2.61. The molecule has 0 aromatic rings. The Bertz CT molecular complexity index is 223. The van der Waals surface area contributed by atoms with Gasteiger partial charge in [0.25, 0.3) is 0 Å². The van der Waals surface area contributed by atoms with Gasteiger partial charge in [0.1, 0.15) is 5.78 Å². The number of hydrogen-bond donors (Lipinski definition) is 0. The fourth-order valence-corrected chi connectivity index (χ4v) is 1.45. The van der Waals surface area contributed by atoms with Crippen molar-refractivity contribution in [2.45, 2.75) is 25.8 Å². The van der Waals surface area contributed by atoms with Gasteiger partial charge < -0.3 is 4.90 Å². The molecule has 3 heteroatoms. The Morgan fingerprint density at radius 3 is 2.92 bits per heavy atom. The monoisotopic (exact) mass is 167 g/mol. The van der Waals surface area contributed by atoms with Gasteiger partial charge in [-0.15, -0.1) is 0 Å². The standard InChI is InChI=1S/C9H13NO2/c1-3-9(12)10-5-4-8(11)6-7(10)2/h3,7H,1,4-6H2,2H3. The number of ketones is 1. The van der Waals surface area contributed by atoms with Crippen LogP contribution in [0.5, 0.6) is 0 Å². The second kappa shape index (κ2) is 3.52. The number of carbonyl (C=O) groups is 2. The number of nitrogens with zero attached hydrogens (tertiary/aromatic N) is 1. The largest absolute Gasteiger partial charge is 0.336 e. The number of piperidine rings is 1. The van der Waals surface area contributed by atoms with Crippen molar-refractivity contribution in [1.29, 1.82) is 0 Å². The number of carbonyl (C=O) groups excluding carboxylic acids is 2. The zero-order valence-corrected chi connectivity index (χ0v) is 7.25. The van der Waals surface area contributed by atoms with Gasteiger partial charge in [0.15, 0.2) is 0 Å². The van der Waals surface area contributed by atoms with Crippen LogP contribution in [-0.2, 0) is 9.59 Å². The van der Waals surface area contributed by atoms with E-state index in [1.165, 1.54) is 6.08 Å². The summed E-state index contributed by atoms with van der Waals surface area (Å²) in [5.41, 5.74) is 0. The van der Waals surface area contributed by atoms with Gasteiger partial charge in [-0.2, -0.15) is 0 Å². The summed E-state index contributed by atoms with van der Waals surface area (Å²) in [7, 11) is 0. The zero-order valence-electron chi connectivity index (χ0n) is 7.25. The van der Waals surface area contributed by atoms with Gasteiger partial charge in [-0.1, -0.05) is 6.58 Å². The highest BCUT2D eigenvalue weighted by atomic mass is 16.2. The number of Topliss-reactive ketones (excluding diaryl/α,β-unsaturated/α-hetero) is 1. The molecule has 0 aromatic heterocycles. The van der Waals surface area contributed by atoms with Crippen LogP contribution in [0.4, 0.5) is 0 Å². The summed E-state index contributed by atoms with van der Waals surface area (Å²) in [5, 5.41) is 0. The van der Waals surface area contributed by atoms with Gasteiger partial charge >= 0.3 is 0 Å². The third-order valence-corrected chi connectivity index (χ3v) is 2.14. The molecule has 1 unspecified atom stereocenters. The number of amides is 1. The minimum atomic E-state index is -0.0741. The van der Waals surface area contributed by atoms with E-state index in [1.807, 2.05) is 6.92 Å². The smallest absolute Gasteiger partial charge is 0.246 e. The summed E-state index contributed by atoms with van der Waals surface area (Å²) in [4.78, 5) is 23.8. The van der Waals surface area contributed by atoms with Crippen LogP contribution in [0.1, 0.15) is 19.8 Å². The minimum Gasteiger partial charge on any atom is -0.336 e. The molecule has 1 rings (SSSR count). The van der Waals surface area contributed by atoms with Crippen LogP contribution in [0.2, 0.25) is 0 Å². The molecule has 0 spiro atoms. The predicted molar refractivity (Wildman–Crippen MR) is 45.6 cm³/mol. The molecule has 12 heavy (non-hydrogen) atoms. The van der Waals surface area contributed by atoms with Gasteiger partial charge in [-0.05, 0) is 13.0 Å². The molecule has 1 heterocycles. The molecule has 1 aliphatic heterocycles. The Kier molecular flexibility index (Phi) is 2.63. The van der Waals surface area contributed by atoms with Gasteiger partial charge in [-0.3, -0.25) is 9.59 Å². The maximum atomic E-state index is 11.2. The lowest BCUT2D eigenvalue weighted by Gasteiger charge is -2.31. The molecule has 1 atom stereocenters. The first-order valence-electron chi connectivity index (χ1n) is 4.10. The van der Waals surface area contributed by atoms with E-state index in [0.717, 1.165) is 0 Å². The van der Waals surface area contributed by atoms with Crippen LogP contribution in [-0.4, -0.2) is 29.2 Å². The molecule has 3 nitrogen and oxygen atoms in total. The third-order valence-electron chi connectivity index (χ3n) is 2.14. The van der Waals surface area contributed by atoms with Crippen molar-refractivity contribution < 1.29 is 9.59 Å². The molecule has 0 radical (unpaired) electrons. The lowest BCUT2D eigenvalue weighted by Crippen LogP contribution is -2.43. The van der Waals surface area contributed by atoms with Crippen molar-refractivity contribution >= 4 is 11.7 Å². The normalized spacial score (nSPS) is 23.9. The molecule has 66 valence electrons. The summed E-state index contributed by atoms with van der Waals surface area (Å²) < 4.78 is 0. The van der Waals surface area contributed by atoms with Gasteiger partial charge in [0.05, 0.1) is 0 Å². The number of hydrogen-bond acceptors (Lipinski definition) is 2. The Morgan fingerprint density at radius 1 is 1.75 bits per heavy atom. The molecule has 0 aromatic carbocycles. The first-order chi connectivity index (χ1) is 5.65. The van der Waals surface area contributed by atoms with E-state index >= 15 is 0 Å². The SMILES string of the molecule is C=CC(=O)N1CCC(=O)CC1C. The molecule has 0 N–H and O–H groups in total. The summed E-state index contributed by atoms with van der Waals surface area (Å²) in [6, 6.07) is 0.0387. The maximum absolute atomic E-state index is 11.2. The van der Waals surface area contributed by atoms with Crippen LogP contribution < -0.4 is 0 Å². The van der Waals surface area contributed by atoms with Gasteiger partial charge in [-0.25, -0.2) is 0 Å². The van der Waals surface area contributed by atoms with Crippen molar-refractivity contribution in [2.24, 2.45) is 0 Å². The van der Waals surface area contributed by atoms with E-state index in [9.17, 15) is 9.59 Å². The predicted octanol–water partition coefficient (Wildman–Crippen LogP) is 0.752. The van der Waals surface area contributed by atoms with Crippen LogP contribution in [0.15, 0.2) is 12.7 Å². The average Bonchev–Trinajstić information content (AvgIpc) is 2.03. The molecular weight excluding hydrogens is 154 g/mol. The lowest BCUT2D eigenvalue weighted by molar-refractivity contribution is -0.133. The molecule has 1 fully saturated rings. The van der Waals surface area contributed by atoms with Crippen molar-refractivity contribution in [3.63, 3.8) is 0 Å². The van der Waals surface area contributed by atoms with Crippen molar-refractivity contribution in [3.8, 4) is 0 Å². The van der Waals surface area contributed by atoms with E-state index in [2.05, 4.69) is 6.58 Å². The maximum Gasteiger partial charge on any atom is 0.246 e. The van der Waals surface area contributed by atoms with E-state index in [1.54, 1.807) is 4.90 Å². The summed E-state index contributed by atoms with van der Waals surface area (Å²) in [6.07, 6.45) is 2.27. The van der Waals surface area contributed by atoms with E-state index in [4.69, 9.17) is 0 Å². The fourth-order valence-electron chi connectivity index (χ4n) is 1.45. The topological polar surface area (TPSA) is 37.4 Å². The van der Waals surface area contributed by atoms with Crippen LogP contribution >= 0.6 is 0 Å². The Hall–Kier alpha value is -1.12. The molecule has 1 aliphatic rings. The van der Waals surface area contributed by atoms with E-state index in [-0.39, 0.29) is 17.7 Å². The van der Waals surface area contributed by atoms with Gasteiger partial charge in [0, 0.05) is 25.4 Å². The number of rotatable bonds is 1. The van der Waals surface area contributed by atoms with Crippen LogP contribution in [0.25, 0.3) is 0 Å². The number of likely N-dealkylation sites (tertiary alicyclic amines) is 1. The van der Waals surface area contributed by atoms with E-state index in [0.29, 0.717) is 19.4 Å². The van der Waals surface area contributed by atoms with Crippen molar-refractivity contribution in [2.75, 3.05) is 6.54 Å². The van der Waals surface area contributed by atoms with Crippen molar-refractivity contribution in [3.05, 3.63) is 12.7 Å². The lowest BCUT2D eigenvalue weighted by atomic mass is 10.0. The molecule has 0 aliphatic carbocycles. The zero-order chi connectivity index (χ0) is 9.14. The highest BCUT2D eigenvalue weighted by Crippen LogP contribution is 2.13.